The first-order chi connectivity index (χ1) is 11.7. The highest BCUT2D eigenvalue weighted by Gasteiger charge is 2.28. The molecular formula is C19H33IN4O. The number of nitrogens with zero attached hydrogens (tertiary/aromatic N) is 2. The summed E-state index contributed by atoms with van der Waals surface area (Å²) in [5.41, 5.74) is 1.11. The standard InChI is InChI=1S/C19H32N4O.HI/c1-5-20-19(21-13-15(3)23(4)17-11-12-17)22-14-16-9-7-8-10-18(16)24-6-2;/h7-10,15,17H,5-6,11-14H2,1-4H3,(H2,20,21,22);1H. The van der Waals surface area contributed by atoms with E-state index in [0.717, 1.165) is 36.4 Å². The van der Waals surface area contributed by atoms with E-state index < -0.39 is 0 Å². The van der Waals surface area contributed by atoms with Crippen LogP contribution in [0.4, 0.5) is 0 Å². The minimum absolute atomic E-state index is 0. The van der Waals surface area contributed by atoms with Crippen molar-refractivity contribution < 1.29 is 4.74 Å². The van der Waals surface area contributed by atoms with Crippen molar-refractivity contribution in [1.29, 1.82) is 0 Å². The van der Waals surface area contributed by atoms with Gasteiger partial charge in [0, 0.05) is 30.7 Å². The van der Waals surface area contributed by atoms with Crippen LogP contribution in [0.3, 0.4) is 0 Å². The molecule has 0 heterocycles. The Hall–Kier alpha value is -1.02. The first-order valence-electron chi connectivity index (χ1n) is 9.10. The summed E-state index contributed by atoms with van der Waals surface area (Å²) in [6.45, 7) is 9.38. The Labute approximate surface area is 169 Å². The van der Waals surface area contributed by atoms with Crippen LogP contribution in [0.25, 0.3) is 0 Å². The van der Waals surface area contributed by atoms with Gasteiger partial charge >= 0.3 is 0 Å². The smallest absolute Gasteiger partial charge is 0.191 e. The fourth-order valence-electron chi connectivity index (χ4n) is 2.67. The van der Waals surface area contributed by atoms with Gasteiger partial charge in [-0.2, -0.15) is 0 Å². The van der Waals surface area contributed by atoms with Crippen molar-refractivity contribution in [3.8, 4) is 5.75 Å². The Morgan fingerprint density at radius 2 is 2.00 bits per heavy atom. The van der Waals surface area contributed by atoms with Gasteiger partial charge in [-0.15, -0.1) is 24.0 Å². The van der Waals surface area contributed by atoms with Gasteiger partial charge < -0.3 is 15.4 Å². The summed E-state index contributed by atoms with van der Waals surface area (Å²) in [5.74, 6) is 1.78. The second-order valence-corrected chi connectivity index (χ2v) is 6.36. The van der Waals surface area contributed by atoms with Crippen LogP contribution in [0.1, 0.15) is 39.2 Å². The molecule has 0 saturated heterocycles. The predicted molar refractivity (Wildman–Crippen MR) is 116 cm³/mol. The molecule has 1 aromatic rings. The second-order valence-electron chi connectivity index (χ2n) is 6.36. The average molecular weight is 460 g/mol. The second kappa shape index (κ2) is 11.6. The zero-order valence-electron chi connectivity index (χ0n) is 15.9. The molecule has 1 fully saturated rings. The summed E-state index contributed by atoms with van der Waals surface area (Å²) in [7, 11) is 2.21. The molecule has 0 spiro atoms. The molecule has 0 aliphatic heterocycles. The molecule has 1 atom stereocenters. The SMILES string of the molecule is CCNC(=NCc1ccccc1OCC)NCC(C)N(C)C1CC1.I. The van der Waals surface area contributed by atoms with Crippen molar-refractivity contribution in [2.45, 2.75) is 52.2 Å². The Morgan fingerprint density at radius 3 is 2.64 bits per heavy atom. The lowest BCUT2D eigenvalue weighted by molar-refractivity contribution is 0.247. The molecule has 5 nitrogen and oxygen atoms in total. The van der Waals surface area contributed by atoms with Gasteiger partial charge in [-0.1, -0.05) is 18.2 Å². The first-order valence-corrected chi connectivity index (χ1v) is 9.10. The molecule has 0 radical (unpaired) electrons. The summed E-state index contributed by atoms with van der Waals surface area (Å²) < 4.78 is 5.68. The molecule has 1 aliphatic carbocycles. The number of hydrogen-bond acceptors (Lipinski definition) is 3. The molecule has 0 aromatic heterocycles. The van der Waals surface area contributed by atoms with E-state index in [-0.39, 0.29) is 24.0 Å². The lowest BCUT2D eigenvalue weighted by Crippen LogP contribution is -2.45. The normalized spacial score (nSPS) is 15.5. The Bertz CT molecular complexity index is 534. The van der Waals surface area contributed by atoms with Gasteiger partial charge in [0.05, 0.1) is 13.2 Å². The van der Waals surface area contributed by atoms with Crippen molar-refractivity contribution in [2.24, 2.45) is 4.99 Å². The topological polar surface area (TPSA) is 48.9 Å². The van der Waals surface area contributed by atoms with Crippen LogP contribution >= 0.6 is 24.0 Å². The van der Waals surface area contributed by atoms with E-state index in [1.165, 1.54) is 12.8 Å². The van der Waals surface area contributed by atoms with E-state index in [1.54, 1.807) is 0 Å². The summed E-state index contributed by atoms with van der Waals surface area (Å²) in [5, 5.41) is 6.79. The highest BCUT2D eigenvalue weighted by molar-refractivity contribution is 14.0. The Morgan fingerprint density at radius 1 is 1.28 bits per heavy atom. The van der Waals surface area contributed by atoms with Crippen molar-refractivity contribution >= 4 is 29.9 Å². The summed E-state index contributed by atoms with van der Waals surface area (Å²) in [6.07, 6.45) is 2.67. The summed E-state index contributed by atoms with van der Waals surface area (Å²) in [6, 6.07) is 9.37. The van der Waals surface area contributed by atoms with Crippen molar-refractivity contribution in [3.63, 3.8) is 0 Å². The maximum absolute atomic E-state index is 5.68. The summed E-state index contributed by atoms with van der Waals surface area (Å²) >= 11 is 0. The van der Waals surface area contributed by atoms with Crippen LogP contribution in [0.15, 0.2) is 29.3 Å². The average Bonchev–Trinajstić information content (AvgIpc) is 3.43. The molecule has 6 heteroatoms. The van der Waals surface area contributed by atoms with Gasteiger partial charge in [-0.3, -0.25) is 4.90 Å². The highest BCUT2D eigenvalue weighted by Crippen LogP contribution is 2.26. The zero-order valence-corrected chi connectivity index (χ0v) is 18.2. The molecule has 2 rings (SSSR count). The Kier molecular flexibility index (Phi) is 10.2. The van der Waals surface area contributed by atoms with Crippen LogP contribution in [0.5, 0.6) is 5.75 Å². The van der Waals surface area contributed by atoms with Gasteiger partial charge in [0.15, 0.2) is 5.96 Å². The number of aliphatic imine (C=N–C) groups is 1. The van der Waals surface area contributed by atoms with E-state index >= 15 is 0 Å². The number of rotatable bonds is 9. The van der Waals surface area contributed by atoms with E-state index in [2.05, 4.69) is 42.5 Å². The molecule has 1 unspecified atom stereocenters. The molecule has 25 heavy (non-hydrogen) atoms. The van der Waals surface area contributed by atoms with Crippen LogP contribution in [0, 0.1) is 0 Å². The third kappa shape index (κ3) is 7.40. The third-order valence-corrected chi connectivity index (χ3v) is 4.41. The Balaban J connectivity index is 0.00000312. The van der Waals surface area contributed by atoms with Crippen LogP contribution in [-0.2, 0) is 6.54 Å². The molecule has 142 valence electrons. The van der Waals surface area contributed by atoms with Crippen molar-refractivity contribution in [3.05, 3.63) is 29.8 Å². The maximum Gasteiger partial charge on any atom is 0.191 e. The molecular weight excluding hydrogens is 427 g/mol. The fraction of sp³-hybridized carbons (Fsp3) is 0.632. The quantitative estimate of drug-likeness (QED) is 0.338. The van der Waals surface area contributed by atoms with E-state index in [1.807, 2.05) is 25.1 Å². The maximum atomic E-state index is 5.68. The van der Waals surface area contributed by atoms with Crippen LogP contribution in [0.2, 0.25) is 0 Å². The predicted octanol–water partition coefficient (Wildman–Crippen LogP) is 3.24. The number of ether oxygens (including phenoxy) is 1. The van der Waals surface area contributed by atoms with Gasteiger partial charge in [0.1, 0.15) is 5.75 Å². The van der Waals surface area contributed by atoms with Crippen LogP contribution < -0.4 is 15.4 Å². The minimum Gasteiger partial charge on any atom is -0.494 e. The minimum atomic E-state index is 0. The number of guanidine groups is 1. The number of likely N-dealkylation sites (N-methyl/N-ethyl adjacent to an activating group) is 1. The third-order valence-electron chi connectivity index (χ3n) is 4.41. The highest BCUT2D eigenvalue weighted by atomic mass is 127. The number of hydrogen-bond donors (Lipinski definition) is 2. The van der Waals surface area contributed by atoms with Gasteiger partial charge in [-0.05, 0) is 46.7 Å². The number of halogens is 1. The molecule has 0 amide bonds. The van der Waals surface area contributed by atoms with Crippen molar-refractivity contribution in [2.75, 3.05) is 26.7 Å². The number of benzene rings is 1. The van der Waals surface area contributed by atoms with Gasteiger partial charge in [0.2, 0.25) is 0 Å². The molecule has 1 aliphatic rings. The van der Waals surface area contributed by atoms with E-state index in [0.29, 0.717) is 19.2 Å². The van der Waals surface area contributed by atoms with Gasteiger partial charge in [0.25, 0.3) is 0 Å². The largest absolute Gasteiger partial charge is 0.494 e. The monoisotopic (exact) mass is 460 g/mol. The van der Waals surface area contributed by atoms with Crippen LogP contribution in [-0.4, -0.2) is 49.7 Å². The van der Waals surface area contributed by atoms with Gasteiger partial charge in [-0.25, -0.2) is 4.99 Å². The van der Waals surface area contributed by atoms with E-state index in [9.17, 15) is 0 Å². The van der Waals surface area contributed by atoms with E-state index in [4.69, 9.17) is 9.73 Å². The fourth-order valence-corrected chi connectivity index (χ4v) is 2.67. The lowest BCUT2D eigenvalue weighted by atomic mass is 10.2. The molecule has 2 N–H and O–H groups in total. The number of para-hydroxylation sites is 1. The molecule has 1 saturated carbocycles. The van der Waals surface area contributed by atoms with Crippen molar-refractivity contribution in [1.82, 2.24) is 15.5 Å². The first kappa shape index (κ1) is 22.0. The molecule has 1 aromatic carbocycles. The molecule has 0 bridgehead atoms. The lowest BCUT2D eigenvalue weighted by Gasteiger charge is -2.25. The zero-order chi connectivity index (χ0) is 17.4. The summed E-state index contributed by atoms with van der Waals surface area (Å²) in [4.78, 5) is 7.17. The number of nitrogens with one attached hydrogen (secondary N) is 2.